The smallest absolute Gasteiger partial charge is 0.341 e. The van der Waals surface area contributed by atoms with Gasteiger partial charge in [-0.2, -0.15) is 0 Å². The number of ether oxygens (including phenoxy) is 1. The van der Waals surface area contributed by atoms with Crippen LogP contribution in [0.2, 0.25) is 0 Å². The van der Waals surface area contributed by atoms with Crippen molar-refractivity contribution in [2.75, 3.05) is 17.1 Å². The minimum absolute atomic E-state index is 0.0980. The summed E-state index contributed by atoms with van der Waals surface area (Å²) in [6, 6.07) is 2.97. The molecule has 2 aromatic rings. The Balaban J connectivity index is 2.33. The first-order valence-electron chi connectivity index (χ1n) is 5.98. The summed E-state index contributed by atoms with van der Waals surface area (Å²) in [6.45, 7) is 3.70. The Kier molecular flexibility index (Phi) is 4.55. The molecule has 2 heterocycles. The molecule has 0 fully saturated rings. The van der Waals surface area contributed by atoms with Gasteiger partial charge in [-0.15, -0.1) is 22.7 Å². The van der Waals surface area contributed by atoms with Gasteiger partial charge in [-0.1, -0.05) is 0 Å². The van der Waals surface area contributed by atoms with Crippen LogP contribution >= 0.6 is 22.7 Å². The van der Waals surface area contributed by atoms with Crippen molar-refractivity contribution >= 4 is 49.4 Å². The minimum atomic E-state index is -3.76. The van der Waals surface area contributed by atoms with Gasteiger partial charge < -0.3 is 10.5 Å². The minimum Gasteiger partial charge on any atom is -0.462 e. The van der Waals surface area contributed by atoms with Gasteiger partial charge in [-0.25, -0.2) is 13.2 Å². The normalized spacial score (nSPS) is 11.3. The van der Waals surface area contributed by atoms with E-state index in [-0.39, 0.29) is 21.4 Å². The van der Waals surface area contributed by atoms with Gasteiger partial charge in [0.15, 0.2) is 0 Å². The van der Waals surface area contributed by atoms with E-state index in [4.69, 9.17) is 10.5 Å². The Morgan fingerprint density at radius 1 is 1.43 bits per heavy atom. The van der Waals surface area contributed by atoms with Crippen LogP contribution in [0.1, 0.15) is 22.2 Å². The molecule has 0 saturated heterocycles. The summed E-state index contributed by atoms with van der Waals surface area (Å²) in [6.07, 6.45) is 0. The highest BCUT2D eigenvalue weighted by atomic mass is 32.2. The molecule has 3 N–H and O–H groups in total. The maximum absolute atomic E-state index is 12.3. The first-order valence-corrected chi connectivity index (χ1v) is 9.16. The predicted octanol–water partition coefficient (Wildman–Crippen LogP) is 2.68. The third-order valence-corrected chi connectivity index (χ3v) is 6.34. The maximum Gasteiger partial charge on any atom is 0.341 e. The summed E-state index contributed by atoms with van der Waals surface area (Å²) >= 11 is 2.20. The fourth-order valence-electron chi connectivity index (χ4n) is 1.59. The second-order valence-corrected chi connectivity index (χ2v) is 8.20. The lowest BCUT2D eigenvalue weighted by atomic mass is 10.3. The SMILES string of the molecule is CCOC(=O)c1cc(C)sc1NS(=O)(=O)c1cc(N)cs1. The molecule has 2 rings (SSSR count). The Morgan fingerprint density at radius 2 is 2.14 bits per heavy atom. The van der Waals surface area contributed by atoms with Crippen LogP contribution < -0.4 is 10.5 Å². The molecule has 114 valence electrons. The van der Waals surface area contributed by atoms with Crippen molar-refractivity contribution in [3.05, 3.63) is 28.0 Å². The average Bonchev–Trinajstić information content (AvgIpc) is 2.96. The number of hydrogen-bond acceptors (Lipinski definition) is 7. The van der Waals surface area contributed by atoms with Crippen molar-refractivity contribution in [2.45, 2.75) is 18.1 Å². The standard InChI is InChI=1S/C12H14N2O4S3/c1-3-18-12(15)9-4-7(2)20-11(9)14-21(16,17)10-5-8(13)6-19-10/h4-6,14H,3,13H2,1-2H3. The summed E-state index contributed by atoms with van der Waals surface area (Å²) in [5, 5.41) is 1.79. The van der Waals surface area contributed by atoms with Crippen molar-refractivity contribution in [1.29, 1.82) is 0 Å². The van der Waals surface area contributed by atoms with Crippen LogP contribution in [-0.4, -0.2) is 21.0 Å². The van der Waals surface area contributed by atoms with Gasteiger partial charge in [-0.05, 0) is 26.0 Å². The Hall–Kier alpha value is -1.58. The number of aryl methyl sites for hydroxylation is 1. The molecule has 21 heavy (non-hydrogen) atoms. The maximum atomic E-state index is 12.3. The van der Waals surface area contributed by atoms with Crippen LogP contribution in [0.4, 0.5) is 10.7 Å². The van der Waals surface area contributed by atoms with Crippen molar-refractivity contribution in [3.8, 4) is 0 Å². The zero-order valence-corrected chi connectivity index (χ0v) is 13.8. The fourth-order valence-corrected chi connectivity index (χ4v) is 4.89. The highest BCUT2D eigenvalue weighted by Gasteiger charge is 2.23. The van der Waals surface area contributed by atoms with E-state index in [1.165, 1.54) is 17.4 Å². The molecule has 0 saturated carbocycles. The van der Waals surface area contributed by atoms with E-state index < -0.39 is 16.0 Å². The van der Waals surface area contributed by atoms with Gasteiger partial charge in [0.2, 0.25) is 0 Å². The first-order chi connectivity index (χ1) is 9.83. The van der Waals surface area contributed by atoms with Crippen molar-refractivity contribution in [1.82, 2.24) is 0 Å². The molecular formula is C12H14N2O4S3. The number of hydrogen-bond donors (Lipinski definition) is 2. The molecule has 9 heteroatoms. The Bertz CT molecular complexity index is 761. The summed E-state index contributed by atoms with van der Waals surface area (Å²) < 4.78 is 32.0. The molecule has 0 aromatic carbocycles. The fraction of sp³-hybridized carbons (Fsp3) is 0.250. The number of carbonyl (C=O) groups excluding carboxylic acids is 1. The predicted molar refractivity (Wildman–Crippen MR) is 84.6 cm³/mol. The number of sulfonamides is 1. The monoisotopic (exact) mass is 346 g/mol. The quantitative estimate of drug-likeness (QED) is 0.811. The van der Waals surface area contributed by atoms with Crippen molar-refractivity contribution < 1.29 is 17.9 Å². The molecule has 0 aliphatic carbocycles. The molecule has 0 amide bonds. The van der Waals surface area contributed by atoms with Crippen LogP contribution in [0.5, 0.6) is 0 Å². The highest BCUT2D eigenvalue weighted by Crippen LogP contribution is 2.32. The summed E-state index contributed by atoms with van der Waals surface area (Å²) in [7, 11) is -3.76. The molecule has 0 aliphatic heterocycles. The van der Waals surface area contributed by atoms with E-state index in [1.54, 1.807) is 25.3 Å². The van der Waals surface area contributed by atoms with Crippen molar-refractivity contribution in [3.63, 3.8) is 0 Å². The van der Waals surface area contributed by atoms with Gasteiger partial charge in [0, 0.05) is 15.9 Å². The van der Waals surface area contributed by atoms with E-state index in [1.807, 2.05) is 0 Å². The third-order valence-electron chi connectivity index (χ3n) is 2.44. The van der Waals surface area contributed by atoms with Gasteiger partial charge in [-0.3, -0.25) is 4.72 Å². The lowest BCUT2D eigenvalue weighted by molar-refractivity contribution is 0.0528. The number of nitrogens with two attached hydrogens (primary N) is 1. The number of nitrogen functional groups attached to an aromatic ring is 1. The third kappa shape index (κ3) is 3.55. The molecule has 6 nitrogen and oxygen atoms in total. The molecular weight excluding hydrogens is 332 g/mol. The first kappa shape index (κ1) is 15.8. The van der Waals surface area contributed by atoms with Crippen LogP contribution in [0.25, 0.3) is 0 Å². The van der Waals surface area contributed by atoms with Gasteiger partial charge >= 0.3 is 5.97 Å². The molecule has 0 unspecified atom stereocenters. The van der Waals surface area contributed by atoms with Gasteiger partial charge in [0.05, 0.1) is 12.2 Å². The lowest BCUT2D eigenvalue weighted by Gasteiger charge is -2.06. The van der Waals surface area contributed by atoms with Crippen LogP contribution in [0.15, 0.2) is 21.7 Å². The zero-order valence-electron chi connectivity index (χ0n) is 11.4. The van der Waals surface area contributed by atoms with E-state index >= 15 is 0 Å². The average molecular weight is 346 g/mol. The Labute approximate surface area is 130 Å². The highest BCUT2D eigenvalue weighted by molar-refractivity contribution is 7.94. The number of nitrogens with one attached hydrogen (secondary N) is 1. The molecule has 0 radical (unpaired) electrons. The number of anilines is 2. The molecule has 0 atom stereocenters. The number of rotatable bonds is 5. The van der Waals surface area contributed by atoms with E-state index in [0.29, 0.717) is 5.69 Å². The summed E-state index contributed by atoms with van der Waals surface area (Å²) in [4.78, 5) is 12.6. The number of thiophene rings is 2. The van der Waals surface area contributed by atoms with Crippen molar-refractivity contribution in [2.24, 2.45) is 0 Å². The zero-order chi connectivity index (χ0) is 15.6. The molecule has 2 aromatic heterocycles. The van der Waals surface area contributed by atoms with Gasteiger partial charge in [0.1, 0.15) is 9.21 Å². The largest absolute Gasteiger partial charge is 0.462 e. The second kappa shape index (κ2) is 6.04. The van der Waals surface area contributed by atoms with E-state index in [2.05, 4.69) is 4.72 Å². The summed E-state index contributed by atoms with van der Waals surface area (Å²) in [5.41, 5.74) is 6.14. The van der Waals surface area contributed by atoms with E-state index in [0.717, 1.165) is 16.2 Å². The van der Waals surface area contributed by atoms with Crippen LogP contribution in [0.3, 0.4) is 0 Å². The molecule has 0 spiro atoms. The van der Waals surface area contributed by atoms with Gasteiger partial charge in [0.25, 0.3) is 10.0 Å². The van der Waals surface area contributed by atoms with Crippen LogP contribution in [0, 0.1) is 6.92 Å². The topological polar surface area (TPSA) is 98.5 Å². The van der Waals surface area contributed by atoms with E-state index in [9.17, 15) is 13.2 Å². The molecule has 0 bridgehead atoms. The summed E-state index contributed by atoms with van der Waals surface area (Å²) in [5.74, 6) is -0.551. The number of esters is 1. The number of carbonyl (C=O) groups is 1. The Morgan fingerprint density at radius 3 is 2.71 bits per heavy atom. The van der Waals surface area contributed by atoms with Crippen LogP contribution in [-0.2, 0) is 14.8 Å². The second-order valence-electron chi connectivity index (χ2n) is 4.12. The molecule has 0 aliphatic rings. The lowest BCUT2D eigenvalue weighted by Crippen LogP contribution is -2.14.